The summed E-state index contributed by atoms with van der Waals surface area (Å²) in [5.74, 6) is 2.44. The first-order valence-electron chi connectivity index (χ1n) is 21.8. The minimum Gasteiger partial charge on any atom is -0.508 e. The van der Waals surface area contributed by atoms with Crippen molar-refractivity contribution in [2.24, 2.45) is 5.41 Å². The van der Waals surface area contributed by atoms with Crippen LogP contribution in [0, 0.1) is 30.0 Å². The molecule has 0 saturated carbocycles. The number of fused-ring (bicyclic) bond motifs is 1. The molecule has 67 heavy (non-hydrogen) atoms. The highest BCUT2D eigenvalue weighted by Gasteiger charge is 2.45. The number of hydrogen-bond donors (Lipinski definition) is 5. The van der Waals surface area contributed by atoms with E-state index in [1.165, 1.54) is 27.3 Å². The number of amides is 5. The summed E-state index contributed by atoms with van der Waals surface area (Å²) < 4.78 is 20.1. The van der Waals surface area contributed by atoms with Crippen molar-refractivity contribution in [2.45, 2.75) is 90.7 Å². The van der Waals surface area contributed by atoms with Crippen molar-refractivity contribution in [3.63, 3.8) is 0 Å². The van der Waals surface area contributed by atoms with E-state index in [-0.39, 0.29) is 55.2 Å². The summed E-state index contributed by atoms with van der Waals surface area (Å²) in [7, 11) is 0. The van der Waals surface area contributed by atoms with Crippen molar-refractivity contribution < 1.29 is 43.3 Å². The number of β-amino-alcohol motifs (C(OH)–C–C–N with tert-alkyl or cyclic N) is 1. The SMILES string of the molecule is Cc1ncsc1-c1ccc([C@H](C)NC(=O)[C@H]2C[C@H](O)CN2C(=O)[C@@H](NC(=O)COCCCC#Cc2cccc3c2C(=O)N(C(C(=O)Nc2nccs2)c2cc(F)ccc2O)C3)C(C)(C)C)cc1. The fraction of sp³-hybridized carbons (Fsp3) is 0.367. The number of aryl methyl sites for hydroxylation is 1. The molecule has 5 amide bonds. The lowest BCUT2D eigenvalue weighted by Crippen LogP contribution is -2.58. The Hall–Kier alpha value is -6.52. The maximum atomic E-state index is 14.4. The van der Waals surface area contributed by atoms with Gasteiger partial charge in [0.15, 0.2) is 5.13 Å². The Morgan fingerprint density at radius 1 is 1.04 bits per heavy atom. The van der Waals surface area contributed by atoms with E-state index in [0.29, 0.717) is 29.5 Å². The van der Waals surface area contributed by atoms with Crippen molar-refractivity contribution in [2.75, 3.05) is 25.1 Å². The maximum Gasteiger partial charge on any atom is 0.256 e. The van der Waals surface area contributed by atoms with Gasteiger partial charge in [0.1, 0.15) is 36.3 Å². The second kappa shape index (κ2) is 21.0. The molecular formula is C49H52FN7O8S2. The number of unbranched alkanes of at least 4 members (excludes halogenated alkanes) is 1. The first-order chi connectivity index (χ1) is 32.0. The summed E-state index contributed by atoms with van der Waals surface area (Å²) >= 11 is 2.73. The van der Waals surface area contributed by atoms with E-state index in [1.807, 2.05) is 38.1 Å². The number of nitrogens with one attached hydrogen (secondary N) is 3. The number of aliphatic hydroxyl groups is 1. The van der Waals surface area contributed by atoms with Crippen LogP contribution in [0.15, 0.2) is 77.8 Å². The number of anilines is 1. The minimum atomic E-state index is -1.38. The predicted octanol–water partition coefficient (Wildman–Crippen LogP) is 6.27. The van der Waals surface area contributed by atoms with E-state index in [9.17, 15) is 38.6 Å². The van der Waals surface area contributed by atoms with Gasteiger partial charge in [0.05, 0.1) is 33.8 Å². The number of halogens is 1. The summed E-state index contributed by atoms with van der Waals surface area (Å²) in [5, 5.41) is 31.7. The van der Waals surface area contributed by atoms with E-state index in [4.69, 9.17) is 4.74 Å². The first kappa shape index (κ1) is 48.4. The van der Waals surface area contributed by atoms with Crippen LogP contribution in [0.1, 0.15) is 97.3 Å². The van der Waals surface area contributed by atoms with Crippen molar-refractivity contribution in [3.8, 4) is 28.0 Å². The standard InChI is InChI=1S/C49H52FN7O8S2/c1-28(30-13-15-32(16-14-30)42-29(2)52-27-67-42)53-44(61)37-23-35(58)25-56(37)47(64)43(49(3,4)5)54-39(60)26-65-20-8-6-7-10-31-11-9-12-33-24-57(46(63)40(31)33)41(36-22-34(50)17-18-38(36)59)45(62)55-48-51-19-21-66-48/h9,11-19,21-22,27-28,35,37,41,43,58-59H,6,8,20,23-26H2,1-5H3,(H,53,61)(H,54,60)(H,51,55,62)/t28-,35-,37+,41?,43+/m0/s1. The van der Waals surface area contributed by atoms with Crippen LogP contribution in [-0.4, -0.2) is 97.5 Å². The molecule has 2 aliphatic rings. The number of phenols is 1. The van der Waals surface area contributed by atoms with Crippen LogP contribution in [0.3, 0.4) is 0 Å². The van der Waals surface area contributed by atoms with Gasteiger partial charge in [-0.2, -0.15) is 0 Å². The summed E-state index contributed by atoms with van der Waals surface area (Å²) in [4.78, 5) is 80.7. The molecule has 7 rings (SSSR count). The molecule has 15 nitrogen and oxygen atoms in total. The molecule has 0 radical (unpaired) electrons. The molecular weight excluding hydrogens is 898 g/mol. The largest absolute Gasteiger partial charge is 0.508 e. The molecule has 1 fully saturated rings. The number of benzene rings is 3. The zero-order chi connectivity index (χ0) is 48.0. The van der Waals surface area contributed by atoms with Gasteiger partial charge in [-0.05, 0) is 66.6 Å². The molecule has 5 aromatic rings. The quantitative estimate of drug-likeness (QED) is 0.0588. The molecule has 350 valence electrons. The number of phenolic OH excluding ortho intramolecular Hbond substituents is 1. The number of likely N-dealkylation sites (tertiary alicyclic amines) is 1. The van der Waals surface area contributed by atoms with Gasteiger partial charge in [-0.3, -0.25) is 29.3 Å². The van der Waals surface area contributed by atoms with Gasteiger partial charge < -0.3 is 35.4 Å². The van der Waals surface area contributed by atoms with Gasteiger partial charge in [-0.15, -0.1) is 22.7 Å². The predicted molar refractivity (Wildman–Crippen MR) is 251 cm³/mol. The molecule has 2 aliphatic heterocycles. The molecule has 0 bridgehead atoms. The van der Waals surface area contributed by atoms with Crippen molar-refractivity contribution >= 4 is 57.3 Å². The highest BCUT2D eigenvalue weighted by Crippen LogP contribution is 2.38. The Bertz CT molecular complexity index is 2690. The molecule has 5 N–H and O–H groups in total. The first-order valence-corrected chi connectivity index (χ1v) is 23.5. The number of aromatic nitrogens is 2. The Morgan fingerprint density at radius 3 is 2.52 bits per heavy atom. The topological polar surface area (TPSA) is 203 Å². The molecule has 18 heteroatoms. The molecule has 1 unspecified atom stereocenters. The van der Waals surface area contributed by atoms with Crippen LogP contribution in [0.5, 0.6) is 5.75 Å². The lowest BCUT2D eigenvalue weighted by molar-refractivity contribution is -0.144. The van der Waals surface area contributed by atoms with Crippen LogP contribution in [0.2, 0.25) is 0 Å². The number of carbonyl (C=O) groups is 5. The molecule has 0 aliphatic carbocycles. The number of hydrogen-bond acceptors (Lipinski definition) is 12. The average Bonchev–Trinajstić information content (AvgIpc) is 4.11. The summed E-state index contributed by atoms with van der Waals surface area (Å²) in [6.07, 6.45) is 1.43. The second-order valence-electron chi connectivity index (χ2n) is 17.5. The van der Waals surface area contributed by atoms with Gasteiger partial charge in [0.25, 0.3) is 11.8 Å². The normalized spacial score (nSPS) is 17.0. The number of nitrogens with zero attached hydrogens (tertiary/aromatic N) is 4. The fourth-order valence-electron chi connectivity index (χ4n) is 8.15. The third-order valence-electron chi connectivity index (χ3n) is 11.6. The van der Waals surface area contributed by atoms with Crippen LogP contribution in [-0.2, 0) is 30.5 Å². The zero-order valence-electron chi connectivity index (χ0n) is 37.7. The van der Waals surface area contributed by atoms with E-state index < -0.39 is 65.0 Å². The smallest absolute Gasteiger partial charge is 0.256 e. The third-order valence-corrected chi connectivity index (χ3v) is 13.2. The Morgan fingerprint density at radius 2 is 1.82 bits per heavy atom. The van der Waals surface area contributed by atoms with E-state index in [0.717, 1.165) is 39.9 Å². The van der Waals surface area contributed by atoms with Crippen molar-refractivity contribution in [3.05, 3.63) is 117 Å². The Kier molecular flexibility index (Phi) is 15.2. The van der Waals surface area contributed by atoms with Gasteiger partial charge in [0.2, 0.25) is 17.7 Å². The lowest BCUT2D eigenvalue weighted by atomic mass is 9.85. The number of ether oxygens (including phenoxy) is 1. The summed E-state index contributed by atoms with van der Waals surface area (Å²) in [5.41, 5.74) is 5.14. The number of aromatic hydroxyl groups is 1. The maximum absolute atomic E-state index is 14.4. The molecule has 2 aromatic heterocycles. The Labute approximate surface area is 395 Å². The molecule has 5 atom stereocenters. The molecule has 4 heterocycles. The third kappa shape index (κ3) is 11.4. The van der Waals surface area contributed by atoms with Crippen LogP contribution >= 0.6 is 22.7 Å². The van der Waals surface area contributed by atoms with E-state index in [2.05, 4.69) is 37.8 Å². The van der Waals surface area contributed by atoms with Gasteiger partial charge in [0, 0.05) is 55.2 Å². The number of carbonyl (C=O) groups excluding carboxylic acids is 5. The molecule has 0 spiro atoms. The van der Waals surface area contributed by atoms with Gasteiger partial charge in [-0.25, -0.2) is 14.4 Å². The van der Waals surface area contributed by atoms with Gasteiger partial charge >= 0.3 is 0 Å². The van der Waals surface area contributed by atoms with Crippen LogP contribution in [0.25, 0.3) is 10.4 Å². The summed E-state index contributed by atoms with van der Waals surface area (Å²) in [6.45, 7) is 8.99. The Balaban J connectivity index is 0.913. The van der Waals surface area contributed by atoms with Crippen molar-refractivity contribution in [1.82, 2.24) is 30.4 Å². The van der Waals surface area contributed by atoms with E-state index >= 15 is 0 Å². The van der Waals surface area contributed by atoms with E-state index in [1.54, 1.807) is 61.2 Å². The monoisotopic (exact) mass is 949 g/mol. The van der Waals surface area contributed by atoms with Crippen LogP contribution < -0.4 is 16.0 Å². The lowest BCUT2D eigenvalue weighted by Gasteiger charge is -2.35. The minimum absolute atomic E-state index is 0.00715. The number of thiazole rings is 2. The highest BCUT2D eigenvalue weighted by molar-refractivity contribution is 7.14. The van der Waals surface area contributed by atoms with Crippen LogP contribution in [0.4, 0.5) is 9.52 Å². The van der Waals surface area contributed by atoms with Gasteiger partial charge in [-0.1, -0.05) is 69.0 Å². The number of aliphatic hydroxyl groups excluding tert-OH is 1. The highest BCUT2D eigenvalue weighted by atomic mass is 32.1. The summed E-state index contributed by atoms with van der Waals surface area (Å²) in [6, 6.07) is 12.5. The second-order valence-corrected chi connectivity index (χ2v) is 19.3. The molecule has 1 saturated heterocycles. The van der Waals surface area contributed by atoms with Crippen molar-refractivity contribution in [1.29, 1.82) is 0 Å². The average molecular weight is 950 g/mol. The molecule has 3 aromatic carbocycles. The fourth-order valence-corrected chi connectivity index (χ4v) is 9.50. The zero-order valence-corrected chi connectivity index (χ0v) is 39.3. The number of rotatable bonds is 15.